The predicted octanol–water partition coefficient (Wildman–Crippen LogP) is 1.44. The fraction of sp³-hybridized carbons (Fsp3) is 0.917. The molecule has 0 spiro atoms. The molecule has 16 heavy (non-hydrogen) atoms. The Morgan fingerprint density at radius 1 is 1.50 bits per heavy atom. The summed E-state index contributed by atoms with van der Waals surface area (Å²) in [6.45, 7) is 9.94. The first-order valence-electron chi connectivity index (χ1n) is 6.14. The Bertz CT molecular complexity index is 232. The first-order chi connectivity index (χ1) is 7.60. The molecule has 0 N–H and O–H groups in total. The molecule has 0 aromatic carbocycles. The Hall–Kier alpha value is -0.610. The zero-order valence-corrected chi connectivity index (χ0v) is 10.7. The lowest BCUT2D eigenvalue weighted by Gasteiger charge is -2.40. The van der Waals surface area contributed by atoms with E-state index in [1.807, 2.05) is 20.8 Å². The van der Waals surface area contributed by atoms with Gasteiger partial charge < -0.3 is 9.47 Å². The molecule has 4 heteroatoms. The Labute approximate surface area is 97.9 Å². The maximum absolute atomic E-state index is 11.8. The maximum atomic E-state index is 11.8. The van der Waals surface area contributed by atoms with E-state index in [0.717, 1.165) is 13.0 Å². The zero-order valence-electron chi connectivity index (χ0n) is 10.7. The van der Waals surface area contributed by atoms with Gasteiger partial charge in [0.2, 0.25) is 0 Å². The van der Waals surface area contributed by atoms with Crippen LogP contribution in [0.5, 0.6) is 0 Å². The number of morpholine rings is 1. The minimum Gasteiger partial charge on any atom is -0.465 e. The van der Waals surface area contributed by atoms with Crippen molar-refractivity contribution in [1.29, 1.82) is 0 Å². The maximum Gasteiger partial charge on any atom is 0.323 e. The minimum absolute atomic E-state index is 0.106. The second-order valence-corrected chi connectivity index (χ2v) is 4.37. The average Bonchev–Trinajstić information content (AvgIpc) is 2.24. The second kappa shape index (κ2) is 6.21. The summed E-state index contributed by atoms with van der Waals surface area (Å²) in [7, 11) is 0. The third kappa shape index (κ3) is 3.19. The lowest BCUT2D eigenvalue weighted by molar-refractivity contribution is -0.155. The molecule has 3 atom stereocenters. The molecule has 1 aliphatic rings. The highest BCUT2D eigenvalue weighted by Gasteiger charge is 2.33. The van der Waals surface area contributed by atoms with Gasteiger partial charge in [0.1, 0.15) is 6.04 Å². The minimum atomic E-state index is -0.124. The highest BCUT2D eigenvalue weighted by Crippen LogP contribution is 2.17. The van der Waals surface area contributed by atoms with E-state index in [0.29, 0.717) is 13.2 Å². The SMILES string of the molecule is CCOC(=O)C(CC)N1CC(C)OCC1C. The molecule has 0 aliphatic carbocycles. The zero-order chi connectivity index (χ0) is 12.1. The van der Waals surface area contributed by atoms with Gasteiger partial charge in [-0.3, -0.25) is 9.69 Å². The molecule has 1 heterocycles. The fourth-order valence-corrected chi connectivity index (χ4v) is 2.14. The number of nitrogens with zero attached hydrogens (tertiary/aromatic N) is 1. The summed E-state index contributed by atoms with van der Waals surface area (Å²) < 4.78 is 10.7. The van der Waals surface area contributed by atoms with Crippen molar-refractivity contribution in [1.82, 2.24) is 4.90 Å². The topological polar surface area (TPSA) is 38.8 Å². The summed E-state index contributed by atoms with van der Waals surface area (Å²) in [5.41, 5.74) is 0. The summed E-state index contributed by atoms with van der Waals surface area (Å²) in [6.07, 6.45) is 0.982. The Kier molecular flexibility index (Phi) is 5.22. The molecule has 1 rings (SSSR count). The Morgan fingerprint density at radius 2 is 2.19 bits per heavy atom. The van der Waals surface area contributed by atoms with E-state index < -0.39 is 0 Å². The van der Waals surface area contributed by atoms with Crippen LogP contribution in [0.3, 0.4) is 0 Å². The Balaban J connectivity index is 2.66. The van der Waals surface area contributed by atoms with Crippen LogP contribution in [0.1, 0.15) is 34.1 Å². The molecule has 0 aromatic heterocycles. The van der Waals surface area contributed by atoms with E-state index in [4.69, 9.17) is 9.47 Å². The summed E-state index contributed by atoms with van der Waals surface area (Å²) in [4.78, 5) is 14.0. The van der Waals surface area contributed by atoms with E-state index in [9.17, 15) is 4.79 Å². The molecule has 1 aliphatic heterocycles. The molecule has 94 valence electrons. The van der Waals surface area contributed by atoms with Gasteiger partial charge in [-0.1, -0.05) is 6.92 Å². The van der Waals surface area contributed by atoms with Crippen LogP contribution in [0.2, 0.25) is 0 Å². The van der Waals surface area contributed by atoms with Crippen LogP contribution >= 0.6 is 0 Å². The first-order valence-corrected chi connectivity index (χ1v) is 6.14. The molecule has 0 amide bonds. The lowest BCUT2D eigenvalue weighted by Crippen LogP contribution is -2.54. The largest absolute Gasteiger partial charge is 0.465 e. The molecule has 3 unspecified atom stereocenters. The van der Waals surface area contributed by atoms with Crippen molar-refractivity contribution in [3.63, 3.8) is 0 Å². The summed E-state index contributed by atoms with van der Waals surface area (Å²) >= 11 is 0. The number of carbonyl (C=O) groups is 1. The van der Waals surface area contributed by atoms with Crippen molar-refractivity contribution >= 4 is 5.97 Å². The van der Waals surface area contributed by atoms with Gasteiger partial charge in [-0.25, -0.2) is 0 Å². The van der Waals surface area contributed by atoms with Gasteiger partial charge in [0.15, 0.2) is 0 Å². The molecule has 0 saturated carbocycles. The second-order valence-electron chi connectivity index (χ2n) is 4.37. The molecule has 0 bridgehead atoms. The number of carbonyl (C=O) groups excluding carboxylic acids is 1. The highest BCUT2D eigenvalue weighted by molar-refractivity contribution is 5.75. The van der Waals surface area contributed by atoms with Crippen molar-refractivity contribution in [2.45, 2.75) is 52.3 Å². The van der Waals surface area contributed by atoms with Crippen LogP contribution in [0.4, 0.5) is 0 Å². The monoisotopic (exact) mass is 229 g/mol. The van der Waals surface area contributed by atoms with E-state index in [-0.39, 0.29) is 24.2 Å². The molecular weight excluding hydrogens is 206 g/mol. The van der Waals surface area contributed by atoms with Crippen LogP contribution in [0.15, 0.2) is 0 Å². The molecule has 0 radical (unpaired) electrons. The molecule has 0 aromatic rings. The smallest absolute Gasteiger partial charge is 0.323 e. The van der Waals surface area contributed by atoms with Crippen LogP contribution < -0.4 is 0 Å². The quantitative estimate of drug-likeness (QED) is 0.684. The summed E-state index contributed by atoms with van der Waals surface area (Å²) in [6, 6.07) is 0.159. The molecule has 1 fully saturated rings. The predicted molar refractivity (Wildman–Crippen MR) is 62.3 cm³/mol. The van der Waals surface area contributed by atoms with Crippen LogP contribution in [0, 0.1) is 0 Å². The van der Waals surface area contributed by atoms with Gasteiger partial charge in [-0.05, 0) is 27.2 Å². The normalized spacial score (nSPS) is 28.8. The average molecular weight is 229 g/mol. The number of rotatable bonds is 4. The van der Waals surface area contributed by atoms with Crippen molar-refractivity contribution in [3.05, 3.63) is 0 Å². The number of ether oxygens (including phenoxy) is 2. The van der Waals surface area contributed by atoms with Gasteiger partial charge in [-0.2, -0.15) is 0 Å². The standard InChI is InChI=1S/C12H23NO3/c1-5-11(12(14)15-6-2)13-7-10(4)16-8-9(13)3/h9-11H,5-8H2,1-4H3. The van der Waals surface area contributed by atoms with Gasteiger partial charge in [0.25, 0.3) is 0 Å². The highest BCUT2D eigenvalue weighted by atomic mass is 16.5. The van der Waals surface area contributed by atoms with Crippen LogP contribution in [-0.4, -0.2) is 48.8 Å². The van der Waals surface area contributed by atoms with Crippen LogP contribution in [0.25, 0.3) is 0 Å². The van der Waals surface area contributed by atoms with E-state index in [1.165, 1.54) is 0 Å². The molecule has 4 nitrogen and oxygen atoms in total. The van der Waals surface area contributed by atoms with E-state index in [1.54, 1.807) is 0 Å². The van der Waals surface area contributed by atoms with Crippen molar-refractivity contribution in [2.75, 3.05) is 19.8 Å². The van der Waals surface area contributed by atoms with Crippen LogP contribution in [-0.2, 0) is 14.3 Å². The van der Waals surface area contributed by atoms with Crippen molar-refractivity contribution < 1.29 is 14.3 Å². The van der Waals surface area contributed by atoms with Gasteiger partial charge in [0, 0.05) is 12.6 Å². The third-order valence-corrected chi connectivity index (χ3v) is 3.00. The van der Waals surface area contributed by atoms with Gasteiger partial charge in [0.05, 0.1) is 19.3 Å². The van der Waals surface area contributed by atoms with E-state index in [2.05, 4.69) is 11.8 Å². The fourth-order valence-electron chi connectivity index (χ4n) is 2.14. The Morgan fingerprint density at radius 3 is 2.75 bits per heavy atom. The third-order valence-electron chi connectivity index (χ3n) is 3.00. The van der Waals surface area contributed by atoms with E-state index >= 15 is 0 Å². The van der Waals surface area contributed by atoms with Crippen molar-refractivity contribution in [2.24, 2.45) is 0 Å². The van der Waals surface area contributed by atoms with Crippen molar-refractivity contribution in [3.8, 4) is 0 Å². The molecular formula is C12H23NO3. The number of hydrogen-bond acceptors (Lipinski definition) is 4. The molecule has 1 saturated heterocycles. The summed E-state index contributed by atoms with van der Waals surface area (Å²) in [5, 5.41) is 0. The number of esters is 1. The lowest BCUT2D eigenvalue weighted by atomic mass is 10.1. The number of hydrogen-bond donors (Lipinski definition) is 0. The first kappa shape index (κ1) is 13.5. The summed E-state index contributed by atoms with van der Waals surface area (Å²) in [5.74, 6) is -0.106. The van der Waals surface area contributed by atoms with Gasteiger partial charge in [-0.15, -0.1) is 0 Å². The van der Waals surface area contributed by atoms with Gasteiger partial charge >= 0.3 is 5.97 Å².